The molecule has 0 saturated carbocycles. The van der Waals surface area contributed by atoms with E-state index in [1.807, 2.05) is 26.0 Å². The Balaban J connectivity index is 1.96. The third-order valence-corrected chi connectivity index (χ3v) is 2.23. The fraction of sp³-hybridized carbons (Fsp3) is 0.333. The number of aromatic nitrogens is 2. The molecule has 0 bridgehead atoms. The van der Waals surface area contributed by atoms with Crippen LogP contribution in [0.3, 0.4) is 0 Å². The molecular formula is C12H16N4O. The molecule has 0 saturated heterocycles. The van der Waals surface area contributed by atoms with Crippen molar-refractivity contribution in [3.63, 3.8) is 0 Å². The summed E-state index contributed by atoms with van der Waals surface area (Å²) >= 11 is 0. The summed E-state index contributed by atoms with van der Waals surface area (Å²) in [6, 6.07) is 3.87. The van der Waals surface area contributed by atoms with E-state index >= 15 is 0 Å². The van der Waals surface area contributed by atoms with Gasteiger partial charge in [0.15, 0.2) is 0 Å². The lowest BCUT2D eigenvalue weighted by atomic mass is 10.3. The van der Waals surface area contributed by atoms with Crippen LogP contribution in [0.2, 0.25) is 0 Å². The molecule has 0 spiro atoms. The van der Waals surface area contributed by atoms with Crippen molar-refractivity contribution in [2.45, 2.75) is 20.4 Å². The molecule has 17 heavy (non-hydrogen) atoms. The number of hydrogen-bond donors (Lipinski definition) is 2. The summed E-state index contributed by atoms with van der Waals surface area (Å²) in [7, 11) is 0. The minimum atomic E-state index is 0.573. The van der Waals surface area contributed by atoms with Gasteiger partial charge in [0.1, 0.15) is 11.6 Å². The van der Waals surface area contributed by atoms with Gasteiger partial charge in [-0.15, -0.1) is 0 Å². The molecule has 90 valence electrons. The zero-order valence-electron chi connectivity index (χ0n) is 10.0. The topological polar surface area (TPSA) is 63.0 Å². The number of nitrogens with one attached hydrogen (secondary N) is 2. The van der Waals surface area contributed by atoms with Crippen LogP contribution in [0, 0.1) is 6.92 Å². The highest BCUT2D eigenvalue weighted by molar-refractivity contribution is 5.51. The van der Waals surface area contributed by atoms with Crippen molar-refractivity contribution < 1.29 is 4.42 Å². The molecule has 0 aromatic carbocycles. The molecule has 2 rings (SSSR count). The van der Waals surface area contributed by atoms with Crippen LogP contribution in [0.25, 0.3) is 0 Å². The van der Waals surface area contributed by atoms with Crippen molar-refractivity contribution in [1.82, 2.24) is 9.97 Å². The summed E-state index contributed by atoms with van der Waals surface area (Å²) in [5.74, 6) is 2.37. The summed E-state index contributed by atoms with van der Waals surface area (Å²) in [5, 5.41) is 6.40. The Kier molecular flexibility index (Phi) is 3.59. The van der Waals surface area contributed by atoms with Crippen LogP contribution in [-0.4, -0.2) is 16.5 Å². The average molecular weight is 232 g/mol. The smallest absolute Gasteiger partial charge is 0.213 e. The van der Waals surface area contributed by atoms with Gasteiger partial charge in [0.2, 0.25) is 5.89 Å². The van der Waals surface area contributed by atoms with Crippen LogP contribution < -0.4 is 10.6 Å². The van der Waals surface area contributed by atoms with Gasteiger partial charge in [0.05, 0.1) is 12.7 Å². The fourth-order valence-corrected chi connectivity index (χ4v) is 1.48. The fourth-order valence-electron chi connectivity index (χ4n) is 1.48. The van der Waals surface area contributed by atoms with Crippen LogP contribution in [0.1, 0.15) is 18.6 Å². The molecule has 0 amide bonds. The van der Waals surface area contributed by atoms with Gasteiger partial charge >= 0.3 is 0 Å². The zero-order chi connectivity index (χ0) is 12.1. The first-order valence-electron chi connectivity index (χ1n) is 5.63. The first-order valence-corrected chi connectivity index (χ1v) is 5.63. The number of nitrogens with zero attached hydrogens (tertiary/aromatic N) is 2. The molecule has 5 nitrogen and oxygen atoms in total. The van der Waals surface area contributed by atoms with E-state index in [0.29, 0.717) is 12.4 Å². The number of hydrogen-bond acceptors (Lipinski definition) is 5. The van der Waals surface area contributed by atoms with Crippen molar-refractivity contribution in [1.29, 1.82) is 0 Å². The van der Waals surface area contributed by atoms with E-state index in [1.165, 1.54) is 0 Å². The Morgan fingerprint density at radius 1 is 1.29 bits per heavy atom. The van der Waals surface area contributed by atoms with Gasteiger partial charge in [-0.3, -0.25) is 0 Å². The Labute approximate surface area is 100 Å². The molecule has 2 heterocycles. The number of oxazole rings is 1. The second kappa shape index (κ2) is 5.34. The zero-order valence-corrected chi connectivity index (χ0v) is 10.0. The van der Waals surface area contributed by atoms with E-state index in [9.17, 15) is 0 Å². The van der Waals surface area contributed by atoms with Gasteiger partial charge in [0, 0.05) is 24.5 Å². The maximum Gasteiger partial charge on any atom is 0.213 e. The van der Waals surface area contributed by atoms with Gasteiger partial charge in [-0.2, -0.15) is 0 Å². The highest BCUT2D eigenvalue weighted by atomic mass is 16.4. The largest absolute Gasteiger partial charge is 0.444 e. The summed E-state index contributed by atoms with van der Waals surface area (Å²) in [6.45, 7) is 5.35. The maximum absolute atomic E-state index is 5.38. The molecule has 5 heteroatoms. The number of anilines is 2. The molecule has 0 aliphatic heterocycles. The Morgan fingerprint density at radius 3 is 2.88 bits per heavy atom. The van der Waals surface area contributed by atoms with Crippen molar-refractivity contribution in [3.8, 4) is 0 Å². The third-order valence-electron chi connectivity index (χ3n) is 2.23. The van der Waals surface area contributed by atoms with Crippen molar-refractivity contribution in [2.75, 3.05) is 17.2 Å². The Morgan fingerprint density at radius 2 is 2.18 bits per heavy atom. The van der Waals surface area contributed by atoms with Gasteiger partial charge in [0.25, 0.3) is 0 Å². The third kappa shape index (κ3) is 3.21. The molecule has 2 aromatic heterocycles. The van der Waals surface area contributed by atoms with Crippen LogP contribution in [0.4, 0.5) is 11.5 Å². The van der Waals surface area contributed by atoms with Gasteiger partial charge in [-0.1, -0.05) is 0 Å². The normalized spacial score (nSPS) is 10.2. The van der Waals surface area contributed by atoms with Crippen LogP contribution in [0.5, 0.6) is 0 Å². The van der Waals surface area contributed by atoms with Crippen molar-refractivity contribution >= 4 is 11.5 Å². The van der Waals surface area contributed by atoms with Crippen molar-refractivity contribution in [2.24, 2.45) is 0 Å². The van der Waals surface area contributed by atoms with Crippen LogP contribution in [0.15, 0.2) is 28.9 Å². The summed E-state index contributed by atoms with van der Waals surface area (Å²) in [4.78, 5) is 8.33. The van der Waals surface area contributed by atoms with Crippen LogP contribution >= 0.6 is 0 Å². The van der Waals surface area contributed by atoms with Crippen LogP contribution in [-0.2, 0) is 6.54 Å². The average Bonchev–Trinajstić information content (AvgIpc) is 2.74. The molecule has 0 fully saturated rings. The van der Waals surface area contributed by atoms with Gasteiger partial charge < -0.3 is 15.1 Å². The Bertz CT molecular complexity index is 481. The summed E-state index contributed by atoms with van der Waals surface area (Å²) < 4.78 is 5.38. The SMILES string of the molecule is CCNc1cc(NCc2ncc(C)o2)ccn1. The quantitative estimate of drug-likeness (QED) is 0.829. The van der Waals surface area contributed by atoms with Crippen molar-refractivity contribution in [3.05, 3.63) is 36.2 Å². The van der Waals surface area contributed by atoms with E-state index in [2.05, 4.69) is 20.6 Å². The standard InChI is InChI=1S/C12H16N4O/c1-3-13-11-6-10(4-5-14-11)15-8-12-16-7-9(2)17-12/h4-7H,3,8H2,1-2H3,(H2,13,14,15). The predicted octanol–water partition coefficient (Wildman–Crippen LogP) is 2.42. The number of aryl methyl sites for hydroxylation is 1. The molecular weight excluding hydrogens is 216 g/mol. The second-order valence-corrected chi connectivity index (χ2v) is 3.68. The van der Waals surface area contributed by atoms with E-state index in [1.54, 1.807) is 12.4 Å². The highest BCUT2D eigenvalue weighted by Gasteiger charge is 2.01. The van der Waals surface area contributed by atoms with E-state index in [-0.39, 0.29) is 0 Å². The van der Waals surface area contributed by atoms with E-state index < -0.39 is 0 Å². The number of pyridine rings is 1. The highest BCUT2D eigenvalue weighted by Crippen LogP contribution is 2.13. The van der Waals surface area contributed by atoms with Gasteiger partial charge in [-0.25, -0.2) is 9.97 Å². The molecule has 0 radical (unpaired) electrons. The molecule has 0 aliphatic rings. The lowest BCUT2D eigenvalue weighted by Gasteiger charge is -2.06. The lowest BCUT2D eigenvalue weighted by molar-refractivity contribution is 0.479. The Hall–Kier alpha value is -2.04. The molecule has 0 atom stereocenters. The molecule has 2 aromatic rings. The minimum Gasteiger partial charge on any atom is -0.444 e. The molecule has 2 N–H and O–H groups in total. The maximum atomic E-state index is 5.38. The van der Waals surface area contributed by atoms with Gasteiger partial charge in [-0.05, 0) is 19.9 Å². The van der Waals surface area contributed by atoms with E-state index in [4.69, 9.17) is 4.42 Å². The molecule has 0 unspecified atom stereocenters. The first-order chi connectivity index (χ1) is 8.28. The molecule has 0 aliphatic carbocycles. The first kappa shape index (κ1) is 11.4. The predicted molar refractivity (Wildman–Crippen MR) is 67.0 cm³/mol. The minimum absolute atomic E-state index is 0.573. The second-order valence-electron chi connectivity index (χ2n) is 3.68. The number of rotatable bonds is 5. The summed E-state index contributed by atoms with van der Waals surface area (Å²) in [5.41, 5.74) is 0.992. The summed E-state index contributed by atoms with van der Waals surface area (Å²) in [6.07, 6.45) is 3.48. The van der Waals surface area contributed by atoms with E-state index in [0.717, 1.165) is 23.8 Å². The monoisotopic (exact) mass is 232 g/mol. The lowest BCUT2D eigenvalue weighted by Crippen LogP contribution is -2.02.